The molecule has 0 radical (unpaired) electrons. The van der Waals surface area contributed by atoms with E-state index in [2.05, 4.69) is 24.0 Å². The first kappa shape index (κ1) is 12.3. The van der Waals surface area contributed by atoms with E-state index in [1.54, 1.807) is 6.26 Å². The average Bonchev–Trinajstić information content (AvgIpc) is 3.12. The third-order valence-electron chi connectivity index (χ3n) is 3.82. The summed E-state index contributed by atoms with van der Waals surface area (Å²) in [5.74, 6) is 1.03. The molecular weight excluding hydrogens is 236 g/mol. The fourth-order valence-corrected chi connectivity index (χ4v) is 2.58. The fourth-order valence-electron chi connectivity index (χ4n) is 2.58. The molecular formula is C16H20N2O. The maximum atomic E-state index is 5.89. The van der Waals surface area contributed by atoms with Crippen LogP contribution in [0.15, 0.2) is 47.1 Å². The number of nitrogen functional groups attached to an aromatic ring is 1. The molecule has 1 atom stereocenters. The maximum Gasteiger partial charge on any atom is 0.117 e. The Kier molecular flexibility index (Phi) is 3.30. The van der Waals surface area contributed by atoms with Crippen molar-refractivity contribution in [3.05, 3.63) is 54.0 Å². The summed E-state index contributed by atoms with van der Waals surface area (Å²) < 4.78 is 5.49. The highest BCUT2D eigenvalue weighted by atomic mass is 16.3. The van der Waals surface area contributed by atoms with Gasteiger partial charge in [-0.15, -0.1) is 0 Å². The molecule has 0 aliphatic heterocycles. The minimum atomic E-state index is 0.362. The van der Waals surface area contributed by atoms with Crippen LogP contribution < -0.4 is 5.73 Å². The lowest BCUT2D eigenvalue weighted by Gasteiger charge is -2.28. The van der Waals surface area contributed by atoms with Crippen molar-refractivity contribution in [1.29, 1.82) is 0 Å². The lowest BCUT2D eigenvalue weighted by Crippen LogP contribution is -2.28. The topological polar surface area (TPSA) is 42.4 Å². The number of hydrogen-bond acceptors (Lipinski definition) is 3. The van der Waals surface area contributed by atoms with Crippen molar-refractivity contribution in [2.75, 3.05) is 5.73 Å². The Labute approximate surface area is 114 Å². The molecule has 2 aromatic rings. The van der Waals surface area contributed by atoms with Gasteiger partial charge in [0.2, 0.25) is 0 Å². The van der Waals surface area contributed by atoms with E-state index in [0.29, 0.717) is 12.1 Å². The third kappa shape index (κ3) is 2.82. The summed E-state index contributed by atoms with van der Waals surface area (Å²) in [6.45, 7) is 3.11. The Hall–Kier alpha value is -1.74. The molecule has 0 bridgehead atoms. The first-order valence-electron chi connectivity index (χ1n) is 6.87. The van der Waals surface area contributed by atoms with Crippen molar-refractivity contribution >= 4 is 5.69 Å². The van der Waals surface area contributed by atoms with Crippen LogP contribution in [-0.2, 0) is 6.54 Å². The Morgan fingerprint density at radius 3 is 2.79 bits per heavy atom. The highest BCUT2D eigenvalue weighted by Gasteiger charge is 2.33. The summed E-state index contributed by atoms with van der Waals surface area (Å²) >= 11 is 0. The zero-order chi connectivity index (χ0) is 13.2. The van der Waals surface area contributed by atoms with E-state index in [0.717, 1.165) is 18.0 Å². The van der Waals surface area contributed by atoms with Crippen LogP contribution in [0.2, 0.25) is 0 Å². The second-order valence-corrected chi connectivity index (χ2v) is 5.33. The van der Waals surface area contributed by atoms with Gasteiger partial charge in [0.25, 0.3) is 0 Å². The largest absolute Gasteiger partial charge is 0.468 e. The van der Waals surface area contributed by atoms with Gasteiger partial charge in [-0.3, -0.25) is 4.90 Å². The number of nitrogens with zero attached hydrogens (tertiary/aromatic N) is 1. The number of hydrogen-bond donors (Lipinski definition) is 1. The van der Waals surface area contributed by atoms with Gasteiger partial charge in [-0.2, -0.15) is 0 Å². The summed E-state index contributed by atoms with van der Waals surface area (Å²) in [7, 11) is 0. The Morgan fingerprint density at radius 2 is 2.16 bits per heavy atom. The summed E-state index contributed by atoms with van der Waals surface area (Å²) in [6, 6.07) is 13.2. The summed E-state index contributed by atoms with van der Waals surface area (Å²) in [5, 5.41) is 0. The van der Waals surface area contributed by atoms with Gasteiger partial charge < -0.3 is 10.2 Å². The van der Waals surface area contributed by atoms with Crippen LogP contribution >= 0.6 is 0 Å². The molecule has 1 fully saturated rings. The predicted octanol–water partition coefficient (Wildman–Crippen LogP) is 3.59. The highest BCUT2D eigenvalue weighted by Crippen LogP contribution is 2.35. The second kappa shape index (κ2) is 5.10. The van der Waals surface area contributed by atoms with E-state index in [-0.39, 0.29) is 0 Å². The first-order chi connectivity index (χ1) is 9.24. The van der Waals surface area contributed by atoms with Crippen LogP contribution in [0, 0.1) is 0 Å². The Morgan fingerprint density at radius 1 is 1.32 bits per heavy atom. The second-order valence-electron chi connectivity index (χ2n) is 5.33. The number of rotatable bonds is 5. The number of furan rings is 1. The van der Waals surface area contributed by atoms with Crippen LogP contribution in [0.1, 0.15) is 37.1 Å². The van der Waals surface area contributed by atoms with Gasteiger partial charge in [0.05, 0.1) is 12.8 Å². The number of anilines is 1. The molecule has 1 unspecified atom stereocenters. The molecule has 2 N–H and O–H groups in total. The van der Waals surface area contributed by atoms with E-state index in [1.165, 1.54) is 18.4 Å². The van der Waals surface area contributed by atoms with Gasteiger partial charge in [-0.25, -0.2) is 0 Å². The van der Waals surface area contributed by atoms with Crippen molar-refractivity contribution < 1.29 is 4.42 Å². The fraction of sp³-hybridized carbons (Fsp3) is 0.375. The molecule has 1 aromatic carbocycles. The zero-order valence-electron chi connectivity index (χ0n) is 11.3. The van der Waals surface area contributed by atoms with Gasteiger partial charge in [0, 0.05) is 17.8 Å². The van der Waals surface area contributed by atoms with Crippen LogP contribution in [-0.4, -0.2) is 10.9 Å². The summed E-state index contributed by atoms with van der Waals surface area (Å²) in [4.78, 5) is 2.51. The van der Waals surface area contributed by atoms with Crippen molar-refractivity contribution in [2.45, 2.75) is 38.4 Å². The molecule has 3 rings (SSSR count). The summed E-state index contributed by atoms with van der Waals surface area (Å²) in [5.41, 5.74) is 8.00. The standard InChI is InChI=1S/C16H20N2O/c1-12(13-4-2-5-14(17)10-13)18(15-7-8-15)11-16-6-3-9-19-16/h2-6,9-10,12,15H,7-8,11,17H2,1H3. The third-order valence-corrected chi connectivity index (χ3v) is 3.82. The Balaban J connectivity index is 1.79. The monoisotopic (exact) mass is 256 g/mol. The highest BCUT2D eigenvalue weighted by molar-refractivity contribution is 5.41. The van der Waals surface area contributed by atoms with Gasteiger partial charge in [-0.05, 0) is 49.6 Å². The normalized spacial score (nSPS) is 16.7. The molecule has 1 heterocycles. The molecule has 3 nitrogen and oxygen atoms in total. The smallest absolute Gasteiger partial charge is 0.117 e. The molecule has 3 heteroatoms. The molecule has 19 heavy (non-hydrogen) atoms. The number of nitrogens with two attached hydrogens (primary N) is 1. The zero-order valence-corrected chi connectivity index (χ0v) is 11.3. The van der Waals surface area contributed by atoms with Crippen LogP contribution in [0.5, 0.6) is 0 Å². The molecule has 1 aliphatic rings. The Bertz CT molecular complexity index is 531. The van der Waals surface area contributed by atoms with E-state index < -0.39 is 0 Å². The molecule has 1 aliphatic carbocycles. The van der Waals surface area contributed by atoms with Crippen LogP contribution in [0.25, 0.3) is 0 Å². The predicted molar refractivity (Wildman–Crippen MR) is 76.5 cm³/mol. The minimum absolute atomic E-state index is 0.362. The quantitative estimate of drug-likeness (QED) is 0.831. The van der Waals surface area contributed by atoms with Crippen molar-refractivity contribution in [2.24, 2.45) is 0 Å². The lowest BCUT2D eigenvalue weighted by atomic mass is 10.1. The lowest BCUT2D eigenvalue weighted by molar-refractivity contribution is 0.176. The van der Waals surface area contributed by atoms with E-state index >= 15 is 0 Å². The van der Waals surface area contributed by atoms with Gasteiger partial charge in [0.15, 0.2) is 0 Å². The van der Waals surface area contributed by atoms with Gasteiger partial charge >= 0.3 is 0 Å². The SMILES string of the molecule is CC(c1cccc(N)c1)N(Cc1ccco1)C1CC1. The van der Waals surface area contributed by atoms with Crippen molar-refractivity contribution in [3.8, 4) is 0 Å². The minimum Gasteiger partial charge on any atom is -0.468 e. The van der Waals surface area contributed by atoms with Crippen LogP contribution in [0.3, 0.4) is 0 Å². The molecule has 1 saturated carbocycles. The molecule has 0 amide bonds. The molecule has 100 valence electrons. The first-order valence-corrected chi connectivity index (χ1v) is 6.87. The summed E-state index contributed by atoms with van der Waals surface area (Å²) in [6.07, 6.45) is 4.31. The van der Waals surface area contributed by atoms with E-state index in [9.17, 15) is 0 Å². The average molecular weight is 256 g/mol. The molecule has 1 aromatic heterocycles. The number of benzene rings is 1. The molecule has 0 spiro atoms. The van der Waals surface area contributed by atoms with Crippen molar-refractivity contribution in [1.82, 2.24) is 4.90 Å². The van der Waals surface area contributed by atoms with E-state index in [4.69, 9.17) is 10.2 Å². The van der Waals surface area contributed by atoms with Gasteiger partial charge in [-0.1, -0.05) is 12.1 Å². The van der Waals surface area contributed by atoms with Crippen LogP contribution in [0.4, 0.5) is 5.69 Å². The maximum absolute atomic E-state index is 5.89. The van der Waals surface area contributed by atoms with Gasteiger partial charge in [0.1, 0.15) is 5.76 Å². The molecule has 0 saturated heterocycles. The van der Waals surface area contributed by atoms with Crippen molar-refractivity contribution in [3.63, 3.8) is 0 Å². The van der Waals surface area contributed by atoms with E-state index in [1.807, 2.05) is 24.3 Å².